The van der Waals surface area contributed by atoms with Crippen LogP contribution in [0, 0.1) is 5.41 Å². The molecule has 0 radical (unpaired) electrons. The molecule has 1 aromatic carbocycles. The molecule has 64 valence electrons. The Balaban J connectivity index is 2.57. The summed E-state index contributed by atoms with van der Waals surface area (Å²) < 4.78 is 0. The highest BCUT2D eigenvalue weighted by Crippen LogP contribution is 2.05. The van der Waals surface area contributed by atoms with Gasteiger partial charge in [0.15, 0.2) is 5.96 Å². The minimum atomic E-state index is -0.0302. The monoisotopic (exact) mass is 164 g/mol. The van der Waals surface area contributed by atoms with Crippen LogP contribution in [0.2, 0.25) is 0 Å². The molecular formula is C8H12N4. The zero-order valence-corrected chi connectivity index (χ0v) is 6.67. The molecule has 0 unspecified atom stereocenters. The average Bonchev–Trinajstić information content (AvgIpc) is 2.01. The molecule has 1 aromatic rings. The smallest absolute Gasteiger partial charge is 0.185 e. The first kappa shape index (κ1) is 8.39. The topological polar surface area (TPSA) is 87.9 Å². The molecule has 0 saturated carbocycles. The van der Waals surface area contributed by atoms with Crippen LogP contribution in [0.25, 0.3) is 0 Å². The Kier molecular flexibility index (Phi) is 2.53. The van der Waals surface area contributed by atoms with Gasteiger partial charge in [-0.1, -0.05) is 12.1 Å². The molecule has 0 spiro atoms. The lowest BCUT2D eigenvalue weighted by atomic mass is 10.2. The van der Waals surface area contributed by atoms with E-state index in [1.165, 1.54) is 0 Å². The average molecular weight is 164 g/mol. The summed E-state index contributed by atoms with van der Waals surface area (Å²) in [6.07, 6.45) is 0. The molecule has 4 nitrogen and oxygen atoms in total. The molecular weight excluding hydrogens is 152 g/mol. The van der Waals surface area contributed by atoms with Crippen molar-refractivity contribution >= 4 is 11.6 Å². The van der Waals surface area contributed by atoms with E-state index in [1.54, 1.807) is 0 Å². The maximum Gasteiger partial charge on any atom is 0.185 e. The van der Waals surface area contributed by atoms with Gasteiger partial charge in [-0.05, 0) is 17.7 Å². The first-order valence-corrected chi connectivity index (χ1v) is 3.61. The second-order valence-electron chi connectivity index (χ2n) is 2.51. The number of rotatable bonds is 2. The number of nitrogens with one attached hydrogen (secondary N) is 2. The molecule has 0 aromatic heterocycles. The van der Waals surface area contributed by atoms with Crippen molar-refractivity contribution in [3.63, 3.8) is 0 Å². The lowest BCUT2D eigenvalue weighted by Crippen LogP contribution is -2.29. The molecule has 6 N–H and O–H groups in total. The molecule has 4 heteroatoms. The SMILES string of the molecule is N=C(N)NCc1cccc(N)c1. The van der Waals surface area contributed by atoms with Crippen molar-refractivity contribution in [1.29, 1.82) is 5.41 Å². The van der Waals surface area contributed by atoms with Crippen molar-refractivity contribution in [2.24, 2.45) is 5.73 Å². The van der Waals surface area contributed by atoms with Gasteiger partial charge in [0.1, 0.15) is 0 Å². The zero-order chi connectivity index (χ0) is 8.97. The van der Waals surface area contributed by atoms with E-state index in [2.05, 4.69) is 5.32 Å². The molecule has 1 rings (SSSR count). The third-order valence-corrected chi connectivity index (χ3v) is 1.43. The molecule has 0 aliphatic rings. The third-order valence-electron chi connectivity index (χ3n) is 1.43. The van der Waals surface area contributed by atoms with Gasteiger partial charge in [-0.15, -0.1) is 0 Å². The summed E-state index contributed by atoms with van der Waals surface area (Å²) in [7, 11) is 0. The van der Waals surface area contributed by atoms with Gasteiger partial charge in [-0.25, -0.2) is 0 Å². The van der Waals surface area contributed by atoms with Crippen LogP contribution in [-0.4, -0.2) is 5.96 Å². The van der Waals surface area contributed by atoms with Crippen LogP contribution in [0.1, 0.15) is 5.56 Å². The fraction of sp³-hybridized carbons (Fsp3) is 0.125. The van der Waals surface area contributed by atoms with Crippen LogP contribution in [0.3, 0.4) is 0 Å². The molecule has 0 amide bonds. The van der Waals surface area contributed by atoms with Crippen LogP contribution in [0.5, 0.6) is 0 Å². The summed E-state index contributed by atoms with van der Waals surface area (Å²) >= 11 is 0. The summed E-state index contributed by atoms with van der Waals surface area (Å²) in [4.78, 5) is 0. The molecule has 0 aliphatic carbocycles. The van der Waals surface area contributed by atoms with Gasteiger partial charge < -0.3 is 16.8 Å². The minimum Gasteiger partial charge on any atom is -0.399 e. The summed E-state index contributed by atoms with van der Waals surface area (Å²) in [5.74, 6) is -0.0302. The van der Waals surface area contributed by atoms with Crippen molar-refractivity contribution in [3.05, 3.63) is 29.8 Å². The van der Waals surface area contributed by atoms with Gasteiger partial charge in [0.25, 0.3) is 0 Å². The maximum atomic E-state index is 6.93. The van der Waals surface area contributed by atoms with Crippen LogP contribution >= 0.6 is 0 Å². The number of nitrogens with two attached hydrogens (primary N) is 2. The van der Waals surface area contributed by atoms with E-state index in [9.17, 15) is 0 Å². The van der Waals surface area contributed by atoms with Gasteiger partial charge in [0.05, 0.1) is 0 Å². The molecule has 0 bridgehead atoms. The molecule has 0 fully saturated rings. The number of nitrogen functional groups attached to an aromatic ring is 1. The first-order valence-electron chi connectivity index (χ1n) is 3.61. The van der Waals surface area contributed by atoms with Crippen LogP contribution in [0.4, 0.5) is 5.69 Å². The van der Waals surface area contributed by atoms with Crippen molar-refractivity contribution in [2.45, 2.75) is 6.54 Å². The lowest BCUT2D eigenvalue weighted by molar-refractivity contribution is 0.897. The van der Waals surface area contributed by atoms with E-state index in [0.29, 0.717) is 6.54 Å². The van der Waals surface area contributed by atoms with Gasteiger partial charge >= 0.3 is 0 Å². The number of hydrogen-bond acceptors (Lipinski definition) is 2. The lowest BCUT2D eigenvalue weighted by Gasteiger charge is -2.03. The van der Waals surface area contributed by atoms with Gasteiger partial charge in [-0.2, -0.15) is 0 Å². The van der Waals surface area contributed by atoms with Crippen molar-refractivity contribution < 1.29 is 0 Å². The third kappa shape index (κ3) is 2.49. The first-order chi connectivity index (χ1) is 5.68. The predicted molar refractivity (Wildman–Crippen MR) is 49.6 cm³/mol. The Morgan fingerprint density at radius 2 is 2.25 bits per heavy atom. The summed E-state index contributed by atoms with van der Waals surface area (Å²) in [6, 6.07) is 7.45. The van der Waals surface area contributed by atoms with Crippen LogP contribution in [-0.2, 0) is 6.54 Å². The zero-order valence-electron chi connectivity index (χ0n) is 6.67. The minimum absolute atomic E-state index is 0.0302. The second-order valence-corrected chi connectivity index (χ2v) is 2.51. The fourth-order valence-electron chi connectivity index (χ4n) is 0.900. The molecule has 0 heterocycles. The Bertz CT molecular complexity index is 282. The fourth-order valence-corrected chi connectivity index (χ4v) is 0.900. The molecule has 12 heavy (non-hydrogen) atoms. The van der Waals surface area contributed by atoms with Crippen molar-refractivity contribution in [2.75, 3.05) is 5.73 Å². The summed E-state index contributed by atoms with van der Waals surface area (Å²) in [6.45, 7) is 0.542. The normalized spacial score (nSPS) is 9.33. The van der Waals surface area contributed by atoms with Crippen LogP contribution in [0.15, 0.2) is 24.3 Å². The Hall–Kier alpha value is -1.71. The van der Waals surface area contributed by atoms with Gasteiger partial charge in [-0.3, -0.25) is 5.41 Å². The van der Waals surface area contributed by atoms with Crippen molar-refractivity contribution in [1.82, 2.24) is 5.32 Å². The Morgan fingerprint density at radius 1 is 1.50 bits per heavy atom. The van der Waals surface area contributed by atoms with Gasteiger partial charge in [0.2, 0.25) is 0 Å². The van der Waals surface area contributed by atoms with Crippen LogP contribution < -0.4 is 16.8 Å². The Labute approximate surface area is 71.1 Å². The van der Waals surface area contributed by atoms with E-state index in [-0.39, 0.29) is 5.96 Å². The second kappa shape index (κ2) is 3.61. The Morgan fingerprint density at radius 3 is 2.83 bits per heavy atom. The molecule has 0 saturated heterocycles. The number of hydrogen-bond donors (Lipinski definition) is 4. The van der Waals surface area contributed by atoms with E-state index in [0.717, 1.165) is 11.3 Å². The number of anilines is 1. The highest BCUT2D eigenvalue weighted by molar-refractivity contribution is 5.74. The standard InChI is InChI=1S/C8H12N4/c9-7-3-1-2-6(4-7)5-12-8(10)11/h1-4H,5,9H2,(H4,10,11,12). The van der Waals surface area contributed by atoms with E-state index in [4.69, 9.17) is 16.9 Å². The van der Waals surface area contributed by atoms with E-state index < -0.39 is 0 Å². The highest BCUT2D eigenvalue weighted by Gasteiger charge is 1.92. The summed E-state index contributed by atoms with van der Waals surface area (Å²) in [5.41, 5.74) is 12.4. The largest absolute Gasteiger partial charge is 0.399 e. The van der Waals surface area contributed by atoms with Gasteiger partial charge in [0, 0.05) is 12.2 Å². The number of guanidine groups is 1. The maximum absolute atomic E-state index is 6.93. The van der Waals surface area contributed by atoms with E-state index in [1.807, 2.05) is 24.3 Å². The van der Waals surface area contributed by atoms with E-state index >= 15 is 0 Å². The van der Waals surface area contributed by atoms with Crippen molar-refractivity contribution in [3.8, 4) is 0 Å². The molecule has 0 atom stereocenters. The summed E-state index contributed by atoms with van der Waals surface area (Å²) in [5, 5.41) is 9.63. The molecule has 0 aliphatic heterocycles. The number of benzene rings is 1. The quantitative estimate of drug-likeness (QED) is 0.287. The highest BCUT2D eigenvalue weighted by atomic mass is 15.0. The predicted octanol–water partition coefficient (Wildman–Crippen LogP) is 0.252.